The molecule has 1 atom stereocenters. The Morgan fingerprint density at radius 2 is 1.80 bits per heavy atom. The van der Waals surface area contributed by atoms with Crippen LogP contribution in [0.15, 0.2) is 30.3 Å². The van der Waals surface area contributed by atoms with E-state index < -0.39 is 5.54 Å². The largest absolute Gasteiger partial charge is 0.326 e. The van der Waals surface area contributed by atoms with Gasteiger partial charge in [0, 0.05) is 0 Å². The van der Waals surface area contributed by atoms with Crippen LogP contribution in [0.1, 0.15) is 25.3 Å². The van der Waals surface area contributed by atoms with Crippen molar-refractivity contribution in [3.8, 4) is 0 Å². The van der Waals surface area contributed by atoms with Gasteiger partial charge in [0.25, 0.3) is 5.91 Å². The summed E-state index contributed by atoms with van der Waals surface area (Å²) in [6, 6.07) is 9.10. The molecule has 2 fully saturated rings. The maximum Gasteiger partial charge on any atom is 0.326 e. The zero-order valence-electron chi connectivity index (χ0n) is 11.6. The summed E-state index contributed by atoms with van der Waals surface area (Å²) in [6.45, 7) is 4.08. The van der Waals surface area contributed by atoms with Crippen LogP contribution in [-0.4, -0.2) is 41.5 Å². The molecular formula is C15H19N3O2. The van der Waals surface area contributed by atoms with Gasteiger partial charge in [0.05, 0.1) is 6.67 Å². The third-order valence-corrected chi connectivity index (χ3v) is 4.17. The molecule has 0 radical (unpaired) electrons. The number of carbonyl (C=O) groups is 2. The van der Waals surface area contributed by atoms with E-state index in [1.807, 2.05) is 30.3 Å². The Balaban J connectivity index is 1.82. The topological polar surface area (TPSA) is 52.7 Å². The number of hydrogen-bond donors (Lipinski definition) is 1. The van der Waals surface area contributed by atoms with Gasteiger partial charge in [-0.1, -0.05) is 30.3 Å². The van der Waals surface area contributed by atoms with Gasteiger partial charge < -0.3 is 5.32 Å². The molecule has 5 nitrogen and oxygen atoms in total. The van der Waals surface area contributed by atoms with E-state index in [-0.39, 0.29) is 11.9 Å². The van der Waals surface area contributed by atoms with E-state index in [1.165, 1.54) is 4.90 Å². The van der Waals surface area contributed by atoms with E-state index in [0.29, 0.717) is 6.67 Å². The monoisotopic (exact) mass is 273 g/mol. The first-order valence-corrected chi connectivity index (χ1v) is 7.03. The summed E-state index contributed by atoms with van der Waals surface area (Å²) in [6.07, 6.45) is 2.28. The number of nitrogens with zero attached hydrogens (tertiary/aromatic N) is 2. The average molecular weight is 273 g/mol. The number of imide groups is 1. The predicted octanol–water partition coefficient (Wildman–Crippen LogP) is 1.51. The lowest BCUT2D eigenvalue weighted by Gasteiger charge is -2.24. The van der Waals surface area contributed by atoms with E-state index >= 15 is 0 Å². The summed E-state index contributed by atoms with van der Waals surface area (Å²) in [7, 11) is 0. The second-order valence-electron chi connectivity index (χ2n) is 5.62. The lowest BCUT2D eigenvalue weighted by Crippen LogP contribution is -2.43. The van der Waals surface area contributed by atoms with Gasteiger partial charge in [0.2, 0.25) is 0 Å². The fourth-order valence-electron chi connectivity index (χ4n) is 2.92. The molecule has 0 aromatic heterocycles. The van der Waals surface area contributed by atoms with E-state index in [0.717, 1.165) is 31.5 Å². The van der Waals surface area contributed by atoms with Gasteiger partial charge in [-0.25, -0.2) is 9.69 Å². The summed E-state index contributed by atoms with van der Waals surface area (Å²) in [4.78, 5) is 28.2. The van der Waals surface area contributed by atoms with Gasteiger partial charge in [-0.2, -0.15) is 0 Å². The van der Waals surface area contributed by atoms with Gasteiger partial charge in [0.15, 0.2) is 0 Å². The SMILES string of the molecule is C[C@]1(c2ccccc2)NC(=O)N(CN2CCCC2)C1=O. The highest BCUT2D eigenvalue weighted by molar-refractivity contribution is 6.07. The van der Waals surface area contributed by atoms with Crippen LogP contribution in [0.25, 0.3) is 0 Å². The van der Waals surface area contributed by atoms with E-state index in [9.17, 15) is 9.59 Å². The quantitative estimate of drug-likeness (QED) is 0.849. The molecule has 20 heavy (non-hydrogen) atoms. The maximum absolute atomic E-state index is 12.6. The standard InChI is InChI=1S/C15H19N3O2/c1-15(12-7-3-2-4-8-12)13(19)18(14(20)16-15)11-17-9-5-6-10-17/h2-4,7-8H,5-6,9-11H2,1H3,(H,16,20)/t15-/m1/s1. The molecule has 0 spiro atoms. The fourth-order valence-corrected chi connectivity index (χ4v) is 2.92. The summed E-state index contributed by atoms with van der Waals surface area (Å²) in [5, 5.41) is 2.83. The lowest BCUT2D eigenvalue weighted by atomic mass is 9.92. The molecule has 1 aromatic carbocycles. The van der Waals surface area contributed by atoms with E-state index in [1.54, 1.807) is 6.92 Å². The van der Waals surface area contributed by atoms with Crippen LogP contribution in [0.5, 0.6) is 0 Å². The molecule has 0 unspecified atom stereocenters. The van der Waals surface area contributed by atoms with Crippen LogP contribution in [0.3, 0.4) is 0 Å². The molecule has 2 heterocycles. The lowest BCUT2D eigenvalue weighted by molar-refractivity contribution is -0.132. The number of nitrogens with one attached hydrogen (secondary N) is 1. The zero-order valence-corrected chi connectivity index (χ0v) is 11.6. The van der Waals surface area contributed by atoms with Crippen molar-refractivity contribution >= 4 is 11.9 Å². The molecule has 0 saturated carbocycles. The number of hydrogen-bond acceptors (Lipinski definition) is 3. The summed E-state index contributed by atoms with van der Waals surface area (Å²) < 4.78 is 0. The highest BCUT2D eigenvalue weighted by Crippen LogP contribution is 2.28. The Labute approximate surface area is 118 Å². The zero-order chi connectivity index (χ0) is 14.2. The molecule has 1 N–H and O–H groups in total. The number of carbonyl (C=O) groups excluding carboxylic acids is 2. The van der Waals surface area contributed by atoms with Crippen molar-refractivity contribution in [3.05, 3.63) is 35.9 Å². The minimum absolute atomic E-state index is 0.166. The maximum atomic E-state index is 12.6. The Morgan fingerprint density at radius 3 is 2.45 bits per heavy atom. The molecule has 0 aliphatic carbocycles. The predicted molar refractivity (Wildman–Crippen MR) is 74.8 cm³/mol. The van der Waals surface area contributed by atoms with Crippen molar-refractivity contribution in [2.24, 2.45) is 0 Å². The van der Waals surface area contributed by atoms with Gasteiger partial charge in [0.1, 0.15) is 5.54 Å². The van der Waals surface area contributed by atoms with Crippen LogP contribution in [0, 0.1) is 0 Å². The van der Waals surface area contributed by atoms with Crippen molar-refractivity contribution in [3.63, 3.8) is 0 Å². The van der Waals surface area contributed by atoms with Crippen LogP contribution < -0.4 is 5.32 Å². The second-order valence-corrected chi connectivity index (χ2v) is 5.62. The van der Waals surface area contributed by atoms with Crippen LogP contribution in [-0.2, 0) is 10.3 Å². The molecule has 106 valence electrons. The molecule has 5 heteroatoms. The molecule has 3 rings (SSSR count). The Bertz CT molecular complexity index is 525. The van der Waals surface area contributed by atoms with Crippen LogP contribution in [0.4, 0.5) is 4.79 Å². The smallest absolute Gasteiger partial charge is 0.319 e. The molecule has 3 amide bonds. The first-order chi connectivity index (χ1) is 9.61. The molecule has 0 bridgehead atoms. The highest BCUT2D eigenvalue weighted by atomic mass is 16.2. The summed E-state index contributed by atoms with van der Waals surface area (Å²) >= 11 is 0. The van der Waals surface area contributed by atoms with Crippen molar-refractivity contribution < 1.29 is 9.59 Å². The minimum atomic E-state index is -0.946. The molecular weight excluding hydrogens is 254 g/mol. The fraction of sp³-hybridized carbons (Fsp3) is 0.467. The normalized spacial score (nSPS) is 27.1. The van der Waals surface area contributed by atoms with Crippen molar-refractivity contribution in [1.29, 1.82) is 0 Å². The second kappa shape index (κ2) is 4.90. The summed E-state index contributed by atoms with van der Waals surface area (Å²) in [5.74, 6) is -0.166. The Kier molecular flexibility index (Phi) is 3.22. The van der Waals surface area contributed by atoms with Gasteiger partial charge >= 0.3 is 6.03 Å². The average Bonchev–Trinajstić information content (AvgIpc) is 3.04. The molecule has 1 aromatic rings. The third-order valence-electron chi connectivity index (χ3n) is 4.17. The molecule has 2 aliphatic rings. The van der Waals surface area contributed by atoms with Gasteiger partial charge in [-0.15, -0.1) is 0 Å². The molecule has 2 aliphatic heterocycles. The van der Waals surface area contributed by atoms with E-state index in [2.05, 4.69) is 10.2 Å². The van der Waals surface area contributed by atoms with Crippen molar-refractivity contribution in [2.45, 2.75) is 25.3 Å². The van der Waals surface area contributed by atoms with Crippen molar-refractivity contribution in [1.82, 2.24) is 15.1 Å². The van der Waals surface area contributed by atoms with E-state index in [4.69, 9.17) is 0 Å². The first kappa shape index (κ1) is 13.1. The number of rotatable bonds is 3. The number of likely N-dealkylation sites (tertiary alicyclic amines) is 1. The Morgan fingerprint density at radius 1 is 1.15 bits per heavy atom. The van der Waals surface area contributed by atoms with Crippen LogP contribution >= 0.6 is 0 Å². The van der Waals surface area contributed by atoms with Crippen LogP contribution in [0.2, 0.25) is 0 Å². The molecule has 2 saturated heterocycles. The van der Waals surface area contributed by atoms with Crippen molar-refractivity contribution in [2.75, 3.05) is 19.8 Å². The van der Waals surface area contributed by atoms with Gasteiger partial charge in [-0.3, -0.25) is 9.69 Å². The first-order valence-electron chi connectivity index (χ1n) is 7.03. The minimum Gasteiger partial charge on any atom is -0.319 e. The summed E-state index contributed by atoms with van der Waals surface area (Å²) in [5.41, 5.74) is -0.125. The highest BCUT2D eigenvalue weighted by Gasteiger charge is 2.49. The van der Waals surface area contributed by atoms with Gasteiger partial charge in [-0.05, 0) is 38.4 Å². The number of amides is 3. The number of benzene rings is 1. The number of urea groups is 1. The Hall–Kier alpha value is -1.88. The third kappa shape index (κ3) is 2.08.